The van der Waals surface area contributed by atoms with Gasteiger partial charge in [-0.2, -0.15) is 0 Å². The zero-order chi connectivity index (χ0) is 23.6. The van der Waals surface area contributed by atoms with Crippen LogP contribution >= 0.6 is 11.3 Å². The van der Waals surface area contributed by atoms with E-state index in [1.807, 2.05) is 19.1 Å². The summed E-state index contributed by atoms with van der Waals surface area (Å²) < 4.78 is 30.7. The van der Waals surface area contributed by atoms with Crippen LogP contribution in [0.25, 0.3) is 33.6 Å². The highest BCUT2D eigenvalue weighted by atomic mass is 32.2. The number of rotatable bonds is 8. The van der Waals surface area contributed by atoms with Gasteiger partial charge in [0.2, 0.25) is 0 Å². The fourth-order valence-electron chi connectivity index (χ4n) is 3.13. The third-order valence-electron chi connectivity index (χ3n) is 5.10. The molecule has 0 amide bonds. The standard InChI is InChI=1S/C23H25N5O3S2/c1-5-24-12-17-8-11-20(32-17)22-27-28-23(31-22)21-15(4)25-13-19(26-21)16-6-9-18(10-7-16)33(29,30)14(2)3/h6-11,13-14,24H,5,12H2,1-4H3. The molecule has 1 N–H and O–H groups in total. The van der Waals surface area contributed by atoms with Gasteiger partial charge in [-0.1, -0.05) is 19.1 Å². The molecular formula is C23H25N5O3S2. The van der Waals surface area contributed by atoms with E-state index in [0.29, 0.717) is 23.0 Å². The normalized spacial score (nSPS) is 11.9. The van der Waals surface area contributed by atoms with Crippen LogP contribution in [0.1, 0.15) is 31.3 Å². The number of hydrogen-bond acceptors (Lipinski definition) is 9. The summed E-state index contributed by atoms with van der Waals surface area (Å²) in [6.07, 6.45) is 1.65. The van der Waals surface area contributed by atoms with Gasteiger partial charge in [-0.25, -0.2) is 13.4 Å². The van der Waals surface area contributed by atoms with Crippen molar-refractivity contribution in [2.45, 2.75) is 44.4 Å². The van der Waals surface area contributed by atoms with Crippen molar-refractivity contribution in [1.82, 2.24) is 25.5 Å². The van der Waals surface area contributed by atoms with Gasteiger partial charge in [-0.3, -0.25) is 4.98 Å². The molecule has 0 saturated heterocycles. The van der Waals surface area contributed by atoms with E-state index >= 15 is 0 Å². The number of aromatic nitrogens is 4. The lowest BCUT2D eigenvalue weighted by Gasteiger charge is -2.09. The number of benzene rings is 1. The quantitative estimate of drug-likeness (QED) is 0.389. The number of sulfone groups is 1. The molecule has 0 unspecified atom stereocenters. The first-order chi connectivity index (χ1) is 15.8. The summed E-state index contributed by atoms with van der Waals surface area (Å²) in [5.41, 5.74) is 2.49. The van der Waals surface area contributed by atoms with E-state index in [0.717, 1.165) is 23.5 Å². The molecular weight excluding hydrogens is 458 g/mol. The Labute approximate surface area is 197 Å². The van der Waals surface area contributed by atoms with Gasteiger partial charge in [0.05, 0.1) is 32.6 Å². The molecule has 0 fully saturated rings. The first-order valence-corrected chi connectivity index (χ1v) is 13.0. The highest BCUT2D eigenvalue weighted by Gasteiger charge is 2.20. The van der Waals surface area contributed by atoms with Gasteiger partial charge in [0.15, 0.2) is 9.84 Å². The smallest absolute Gasteiger partial charge is 0.268 e. The Morgan fingerprint density at radius 1 is 1.06 bits per heavy atom. The minimum absolute atomic E-state index is 0.285. The first kappa shape index (κ1) is 23.2. The van der Waals surface area contributed by atoms with Crippen LogP contribution in [0.3, 0.4) is 0 Å². The zero-order valence-corrected chi connectivity index (χ0v) is 20.5. The average molecular weight is 484 g/mol. The summed E-state index contributed by atoms with van der Waals surface area (Å²) in [5.74, 6) is 0.727. The minimum atomic E-state index is -3.33. The molecule has 33 heavy (non-hydrogen) atoms. The molecule has 4 rings (SSSR count). The van der Waals surface area contributed by atoms with Gasteiger partial charge >= 0.3 is 0 Å². The van der Waals surface area contributed by atoms with Gasteiger partial charge in [0.25, 0.3) is 11.8 Å². The maximum absolute atomic E-state index is 12.4. The lowest BCUT2D eigenvalue weighted by Crippen LogP contribution is -2.13. The van der Waals surface area contributed by atoms with Crippen LogP contribution < -0.4 is 5.32 Å². The maximum Gasteiger partial charge on any atom is 0.268 e. The molecule has 0 saturated carbocycles. The highest BCUT2D eigenvalue weighted by Crippen LogP contribution is 2.31. The van der Waals surface area contributed by atoms with Gasteiger partial charge in [-0.15, -0.1) is 21.5 Å². The number of nitrogens with zero attached hydrogens (tertiary/aromatic N) is 4. The number of hydrogen-bond donors (Lipinski definition) is 1. The second-order valence-electron chi connectivity index (χ2n) is 7.77. The van der Waals surface area contributed by atoms with Crippen molar-refractivity contribution in [3.05, 3.63) is 53.2 Å². The molecule has 10 heteroatoms. The fraction of sp³-hybridized carbons (Fsp3) is 0.304. The third-order valence-corrected chi connectivity index (χ3v) is 8.35. The topological polar surface area (TPSA) is 111 Å². The van der Waals surface area contributed by atoms with Crippen molar-refractivity contribution >= 4 is 21.2 Å². The van der Waals surface area contributed by atoms with Crippen molar-refractivity contribution in [3.8, 4) is 33.6 Å². The van der Waals surface area contributed by atoms with Crippen molar-refractivity contribution < 1.29 is 12.8 Å². The molecule has 3 aromatic heterocycles. The number of thiophene rings is 1. The minimum Gasteiger partial charge on any atom is -0.414 e. The van der Waals surface area contributed by atoms with E-state index in [1.165, 1.54) is 4.88 Å². The van der Waals surface area contributed by atoms with Crippen molar-refractivity contribution in [3.63, 3.8) is 0 Å². The molecule has 0 aliphatic rings. The number of aryl methyl sites for hydroxylation is 1. The summed E-state index contributed by atoms with van der Waals surface area (Å²) in [6, 6.07) is 10.7. The highest BCUT2D eigenvalue weighted by molar-refractivity contribution is 7.92. The third kappa shape index (κ3) is 4.87. The second kappa shape index (κ2) is 9.50. The van der Waals surface area contributed by atoms with Crippen LogP contribution in [0.4, 0.5) is 0 Å². The van der Waals surface area contributed by atoms with Gasteiger partial charge in [-0.05, 0) is 51.6 Å². The summed E-state index contributed by atoms with van der Waals surface area (Å²) in [4.78, 5) is 11.5. The summed E-state index contributed by atoms with van der Waals surface area (Å²) >= 11 is 1.60. The average Bonchev–Trinajstić information content (AvgIpc) is 3.48. The Balaban J connectivity index is 1.62. The summed E-state index contributed by atoms with van der Waals surface area (Å²) in [5, 5.41) is 11.2. The van der Waals surface area contributed by atoms with E-state index in [4.69, 9.17) is 4.42 Å². The molecule has 4 aromatic rings. The van der Waals surface area contributed by atoms with E-state index in [9.17, 15) is 8.42 Å². The Bertz CT molecular complexity index is 1360. The molecule has 172 valence electrons. The van der Waals surface area contributed by atoms with E-state index in [1.54, 1.807) is 55.6 Å². The Morgan fingerprint density at radius 2 is 1.79 bits per heavy atom. The van der Waals surface area contributed by atoms with Crippen LogP contribution in [0.2, 0.25) is 0 Å². The van der Waals surface area contributed by atoms with Crippen LogP contribution in [-0.4, -0.2) is 40.4 Å². The Hall–Kier alpha value is -2.95. The van der Waals surface area contributed by atoms with Crippen molar-refractivity contribution in [2.24, 2.45) is 0 Å². The monoisotopic (exact) mass is 483 g/mol. The molecule has 0 spiro atoms. The SMILES string of the molecule is CCNCc1ccc(-c2nnc(-c3nc(-c4ccc(S(=O)(=O)C(C)C)cc4)cnc3C)o2)s1. The van der Waals surface area contributed by atoms with Crippen LogP contribution in [0.5, 0.6) is 0 Å². The molecule has 0 radical (unpaired) electrons. The largest absolute Gasteiger partial charge is 0.414 e. The predicted molar refractivity (Wildman–Crippen MR) is 129 cm³/mol. The molecule has 0 atom stereocenters. The van der Waals surface area contributed by atoms with E-state index in [-0.39, 0.29) is 10.8 Å². The van der Waals surface area contributed by atoms with E-state index < -0.39 is 15.1 Å². The lowest BCUT2D eigenvalue weighted by atomic mass is 10.1. The van der Waals surface area contributed by atoms with Crippen LogP contribution in [0.15, 0.2) is 51.9 Å². The Kier molecular flexibility index (Phi) is 6.68. The summed E-state index contributed by atoms with van der Waals surface area (Å²) in [7, 11) is -3.33. The molecule has 0 aliphatic heterocycles. The lowest BCUT2D eigenvalue weighted by molar-refractivity contribution is 0.582. The maximum atomic E-state index is 12.4. The Morgan fingerprint density at radius 3 is 2.48 bits per heavy atom. The first-order valence-electron chi connectivity index (χ1n) is 10.6. The molecule has 8 nitrogen and oxygen atoms in total. The van der Waals surface area contributed by atoms with E-state index in [2.05, 4.69) is 32.4 Å². The predicted octanol–water partition coefficient (Wildman–Crippen LogP) is 4.52. The van der Waals surface area contributed by atoms with Crippen LogP contribution in [-0.2, 0) is 16.4 Å². The molecule has 0 aliphatic carbocycles. The fourth-order valence-corrected chi connectivity index (χ4v) is 5.09. The van der Waals surface area contributed by atoms with Crippen molar-refractivity contribution in [2.75, 3.05) is 6.54 Å². The van der Waals surface area contributed by atoms with Gasteiger partial charge in [0.1, 0.15) is 5.69 Å². The van der Waals surface area contributed by atoms with Gasteiger partial charge < -0.3 is 9.73 Å². The van der Waals surface area contributed by atoms with Gasteiger partial charge in [0, 0.05) is 17.0 Å². The zero-order valence-electron chi connectivity index (χ0n) is 18.9. The molecule has 0 bridgehead atoms. The molecule has 3 heterocycles. The number of nitrogens with one attached hydrogen (secondary N) is 1. The summed E-state index contributed by atoms with van der Waals surface area (Å²) in [6.45, 7) is 8.93. The second-order valence-corrected chi connectivity index (χ2v) is 11.4. The molecule has 1 aromatic carbocycles. The van der Waals surface area contributed by atoms with Crippen LogP contribution in [0, 0.1) is 6.92 Å². The van der Waals surface area contributed by atoms with Crippen molar-refractivity contribution in [1.29, 1.82) is 0 Å².